The highest BCUT2D eigenvalue weighted by Crippen LogP contribution is 2.23. The lowest BCUT2D eigenvalue weighted by Gasteiger charge is -2.12. The zero-order valence-electron chi connectivity index (χ0n) is 20.9. The summed E-state index contributed by atoms with van der Waals surface area (Å²) in [4.78, 5) is 34.5. The molecule has 36 heavy (non-hydrogen) atoms. The van der Waals surface area contributed by atoms with Gasteiger partial charge in [-0.15, -0.1) is 11.3 Å². The predicted octanol–water partition coefficient (Wildman–Crippen LogP) is 2.61. The molecule has 2 amide bonds. The van der Waals surface area contributed by atoms with Crippen molar-refractivity contribution < 1.29 is 9.59 Å². The number of hydrogen-bond donors (Lipinski definition) is 5. The van der Waals surface area contributed by atoms with Gasteiger partial charge in [0.25, 0.3) is 11.8 Å². The number of nitrogens with zero attached hydrogens (tertiary/aromatic N) is 3. The Hall–Kier alpha value is -3.67. The summed E-state index contributed by atoms with van der Waals surface area (Å²) in [6.45, 7) is 10.6. The zero-order valence-corrected chi connectivity index (χ0v) is 21.7. The number of hydrazine groups is 1. The molecule has 7 N–H and O–H groups in total. The lowest BCUT2D eigenvalue weighted by Crippen LogP contribution is -2.27. The van der Waals surface area contributed by atoms with Crippen molar-refractivity contribution in [2.24, 2.45) is 16.8 Å². The molecule has 10 nitrogen and oxygen atoms in total. The van der Waals surface area contributed by atoms with E-state index in [9.17, 15) is 9.59 Å². The van der Waals surface area contributed by atoms with Gasteiger partial charge in [0.2, 0.25) is 0 Å². The fourth-order valence-corrected chi connectivity index (χ4v) is 4.27. The fourth-order valence-electron chi connectivity index (χ4n) is 3.34. The van der Waals surface area contributed by atoms with Gasteiger partial charge in [-0.2, -0.15) is 5.10 Å². The minimum Gasteiger partial charge on any atom is -0.347 e. The van der Waals surface area contributed by atoms with E-state index in [1.54, 1.807) is 11.3 Å². The van der Waals surface area contributed by atoms with Crippen LogP contribution in [0.3, 0.4) is 0 Å². The Bertz CT molecular complexity index is 1160. The third kappa shape index (κ3) is 8.52. The molecule has 2 aromatic heterocycles. The number of hydrazone groups is 1. The van der Waals surface area contributed by atoms with Crippen molar-refractivity contribution in [3.63, 3.8) is 0 Å². The van der Waals surface area contributed by atoms with Crippen molar-refractivity contribution in [1.82, 2.24) is 26.0 Å². The van der Waals surface area contributed by atoms with Crippen molar-refractivity contribution in [2.75, 3.05) is 0 Å². The summed E-state index contributed by atoms with van der Waals surface area (Å²) in [5.41, 5.74) is 7.24. The normalized spacial score (nSPS) is 10.4. The molecular formula is C25H34N8O2S. The number of carbonyl (C=O) groups excluding carboxylic acids is 2. The quantitative estimate of drug-likeness (QED) is 0.159. The Labute approximate surface area is 215 Å². The zero-order chi connectivity index (χ0) is 26.5. The molecule has 11 heteroatoms. The Morgan fingerprint density at radius 1 is 1.00 bits per heavy atom. The van der Waals surface area contributed by atoms with Gasteiger partial charge < -0.3 is 16.5 Å². The van der Waals surface area contributed by atoms with E-state index in [1.165, 1.54) is 17.3 Å². The smallest absolute Gasteiger partial charge is 0.270 e. The molecular weight excluding hydrogens is 476 g/mol. The first-order chi connectivity index (χ1) is 17.3. The molecule has 2 heterocycles. The van der Waals surface area contributed by atoms with Gasteiger partial charge in [-0.25, -0.2) is 9.97 Å². The standard InChI is InChI=1S/C24H30N6O2S.CH4N2/c1-4-18-7-16(11-30-25)5-6-19(18)12-27-24(32)21-9-20(28-14-29-21)23(31)26-10-17-8-22(15(2)3)33-13-17;1-3-2/h5-9,13-15,30H,4,10-12,25H2,1-3H3,(H,26,31)(H,27,32);1-2H2. The maximum absolute atomic E-state index is 12.6. The third-order valence-electron chi connectivity index (χ3n) is 5.23. The van der Waals surface area contributed by atoms with Crippen LogP contribution in [0.15, 0.2) is 47.1 Å². The number of nitrogens with one attached hydrogen (secondary N) is 3. The van der Waals surface area contributed by atoms with Crippen LogP contribution in [0.5, 0.6) is 0 Å². The van der Waals surface area contributed by atoms with Gasteiger partial charge in [0.05, 0.1) is 0 Å². The molecule has 0 radical (unpaired) electrons. The van der Waals surface area contributed by atoms with Crippen LogP contribution in [0.1, 0.15) is 74.8 Å². The monoisotopic (exact) mass is 510 g/mol. The number of hydrogen-bond acceptors (Lipinski definition) is 9. The maximum atomic E-state index is 12.6. The lowest BCUT2D eigenvalue weighted by molar-refractivity contribution is 0.0944. The van der Waals surface area contributed by atoms with Gasteiger partial charge in [-0.05, 0) is 46.0 Å². The molecule has 0 fully saturated rings. The second-order valence-corrected chi connectivity index (χ2v) is 9.13. The molecule has 0 atom stereocenters. The van der Waals surface area contributed by atoms with Crippen molar-refractivity contribution >= 4 is 29.9 Å². The van der Waals surface area contributed by atoms with E-state index in [0.717, 1.165) is 28.7 Å². The molecule has 1 aromatic carbocycles. The van der Waals surface area contributed by atoms with Crippen LogP contribution in [0.25, 0.3) is 0 Å². The molecule has 0 bridgehead atoms. The molecule has 0 saturated carbocycles. The average Bonchev–Trinajstić information content (AvgIpc) is 3.36. The molecule has 0 aliphatic heterocycles. The van der Waals surface area contributed by atoms with Crippen LogP contribution < -0.4 is 27.7 Å². The van der Waals surface area contributed by atoms with E-state index in [1.807, 2.05) is 17.5 Å². The first-order valence-corrected chi connectivity index (χ1v) is 12.4. The number of aromatic nitrogens is 2. The van der Waals surface area contributed by atoms with Crippen LogP contribution >= 0.6 is 11.3 Å². The number of amides is 2. The van der Waals surface area contributed by atoms with Crippen molar-refractivity contribution in [2.45, 2.75) is 52.7 Å². The predicted molar refractivity (Wildman–Crippen MR) is 143 cm³/mol. The van der Waals surface area contributed by atoms with Gasteiger partial charge in [-0.3, -0.25) is 20.9 Å². The summed E-state index contributed by atoms with van der Waals surface area (Å²) in [6, 6.07) is 9.55. The highest BCUT2D eigenvalue weighted by Gasteiger charge is 2.14. The minimum absolute atomic E-state index is 0.148. The number of rotatable bonds is 10. The van der Waals surface area contributed by atoms with Crippen molar-refractivity contribution in [3.05, 3.63) is 80.6 Å². The first-order valence-electron chi connectivity index (χ1n) is 11.5. The second kappa shape index (κ2) is 14.7. The van der Waals surface area contributed by atoms with E-state index in [4.69, 9.17) is 5.84 Å². The third-order valence-corrected chi connectivity index (χ3v) is 6.51. The van der Waals surface area contributed by atoms with E-state index in [2.05, 4.69) is 76.6 Å². The molecule has 0 unspecified atom stereocenters. The van der Waals surface area contributed by atoms with Crippen LogP contribution in [0.4, 0.5) is 0 Å². The largest absolute Gasteiger partial charge is 0.347 e. The van der Waals surface area contributed by atoms with Crippen LogP contribution in [-0.4, -0.2) is 28.5 Å². The fraction of sp³-hybridized carbons (Fsp3) is 0.320. The topological polar surface area (TPSA) is 160 Å². The van der Waals surface area contributed by atoms with Gasteiger partial charge in [0.1, 0.15) is 17.7 Å². The van der Waals surface area contributed by atoms with E-state index < -0.39 is 0 Å². The van der Waals surface area contributed by atoms with Gasteiger partial charge in [0, 0.05) is 37.3 Å². The lowest BCUT2D eigenvalue weighted by atomic mass is 10.0. The summed E-state index contributed by atoms with van der Waals surface area (Å²) < 4.78 is 0. The summed E-state index contributed by atoms with van der Waals surface area (Å²) in [7, 11) is 0. The minimum atomic E-state index is -0.361. The van der Waals surface area contributed by atoms with E-state index >= 15 is 0 Å². The Balaban J connectivity index is 0.00000145. The number of benzene rings is 1. The van der Waals surface area contributed by atoms with Crippen LogP contribution in [0, 0.1) is 0 Å². The molecule has 0 saturated heterocycles. The molecule has 0 aliphatic carbocycles. The summed E-state index contributed by atoms with van der Waals surface area (Å²) in [5, 5.41) is 10.5. The van der Waals surface area contributed by atoms with Crippen molar-refractivity contribution in [3.8, 4) is 0 Å². The number of thiophene rings is 1. The van der Waals surface area contributed by atoms with Crippen LogP contribution in [0.2, 0.25) is 0 Å². The molecule has 3 rings (SSSR count). The van der Waals surface area contributed by atoms with Crippen LogP contribution in [-0.2, 0) is 26.1 Å². The van der Waals surface area contributed by atoms with E-state index in [-0.39, 0.29) is 23.2 Å². The molecule has 0 spiro atoms. The summed E-state index contributed by atoms with van der Waals surface area (Å²) in [5.74, 6) is 9.51. The second-order valence-electron chi connectivity index (χ2n) is 8.19. The summed E-state index contributed by atoms with van der Waals surface area (Å²) in [6.07, 6.45) is 2.07. The maximum Gasteiger partial charge on any atom is 0.270 e. The number of carbonyl (C=O) groups is 2. The Morgan fingerprint density at radius 2 is 1.64 bits per heavy atom. The molecule has 192 valence electrons. The Kier molecular flexibility index (Phi) is 11.6. The van der Waals surface area contributed by atoms with Gasteiger partial charge in [0.15, 0.2) is 0 Å². The first kappa shape index (κ1) is 28.6. The Morgan fingerprint density at radius 3 is 2.19 bits per heavy atom. The highest BCUT2D eigenvalue weighted by molar-refractivity contribution is 7.10. The summed E-state index contributed by atoms with van der Waals surface area (Å²) >= 11 is 1.68. The van der Waals surface area contributed by atoms with E-state index in [0.29, 0.717) is 25.6 Å². The molecule has 0 aliphatic rings. The van der Waals surface area contributed by atoms with Gasteiger partial charge >= 0.3 is 0 Å². The number of nitrogens with two attached hydrogens (primary N) is 2. The average molecular weight is 511 g/mol. The number of aryl methyl sites for hydroxylation is 1. The highest BCUT2D eigenvalue weighted by atomic mass is 32.1. The SMILES string of the molecule is C=NN.CCc1cc(CNN)ccc1CNC(=O)c1cc(C(=O)NCc2csc(C(C)C)c2)ncn1. The van der Waals surface area contributed by atoms with Crippen molar-refractivity contribution in [1.29, 1.82) is 0 Å². The van der Waals surface area contributed by atoms with Gasteiger partial charge in [-0.1, -0.05) is 39.0 Å². The molecule has 3 aromatic rings.